The van der Waals surface area contributed by atoms with Crippen LogP contribution < -0.4 is 19.1 Å². The summed E-state index contributed by atoms with van der Waals surface area (Å²) in [4.78, 5) is 12.6. The Labute approximate surface area is 172 Å². The highest BCUT2D eigenvalue weighted by Crippen LogP contribution is 2.33. The van der Waals surface area contributed by atoms with Gasteiger partial charge < -0.3 is 14.8 Å². The molecule has 7 nitrogen and oxygen atoms in total. The summed E-state index contributed by atoms with van der Waals surface area (Å²) in [5.41, 5.74) is 3.52. The second-order valence-electron chi connectivity index (χ2n) is 6.94. The van der Waals surface area contributed by atoms with Gasteiger partial charge >= 0.3 is 0 Å². The fourth-order valence-corrected chi connectivity index (χ4v) is 3.77. The Bertz CT molecular complexity index is 989. The number of hydrogen-bond donors (Lipinski definition) is 1. The highest BCUT2D eigenvalue weighted by atomic mass is 32.2. The maximum Gasteiger partial charge on any atom is 0.241 e. The number of ether oxygens (including phenoxy) is 2. The summed E-state index contributed by atoms with van der Waals surface area (Å²) in [5, 5.41) is 2.86. The Balaban J connectivity index is 2.25. The van der Waals surface area contributed by atoms with Gasteiger partial charge in [0.25, 0.3) is 0 Å². The van der Waals surface area contributed by atoms with Crippen molar-refractivity contribution in [2.75, 3.05) is 31.3 Å². The molecule has 0 aliphatic carbocycles. The third-order valence-corrected chi connectivity index (χ3v) is 5.88. The average molecular weight is 421 g/mol. The van der Waals surface area contributed by atoms with Gasteiger partial charge in [-0.2, -0.15) is 0 Å². The molecule has 1 N–H and O–H groups in total. The first-order valence-corrected chi connectivity index (χ1v) is 11.0. The minimum absolute atomic E-state index is 0.263. The molecular formula is C21H28N2O5S. The molecule has 8 heteroatoms. The summed E-state index contributed by atoms with van der Waals surface area (Å²) in [5.74, 6) is 0.399. The smallest absolute Gasteiger partial charge is 0.241 e. The van der Waals surface area contributed by atoms with Crippen LogP contribution in [0.15, 0.2) is 36.4 Å². The minimum Gasteiger partial charge on any atom is -0.497 e. The number of hydrogen-bond acceptors (Lipinski definition) is 5. The van der Waals surface area contributed by atoms with E-state index in [1.54, 1.807) is 18.2 Å². The zero-order chi connectivity index (χ0) is 21.8. The Hall–Kier alpha value is -2.74. The van der Waals surface area contributed by atoms with Crippen molar-refractivity contribution in [3.05, 3.63) is 53.1 Å². The Kier molecular flexibility index (Phi) is 7.13. The lowest BCUT2D eigenvalue weighted by atomic mass is 10.0. The maximum atomic E-state index is 12.6. The Morgan fingerprint density at radius 3 is 2.31 bits per heavy atom. The molecule has 0 bridgehead atoms. The van der Waals surface area contributed by atoms with Gasteiger partial charge in [0.05, 0.1) is 32.2 Å². The SMILES string of the molecule is COc1ccc(N(CC(=O)N[C@H](C)c2ccc(C)c(C)c2)S(C)(=O)=O)c(OC)c1. The number of carbonyl (C=O) groups excluding carboxylic acids is 1. The lowest BCUT2D eigenvalue weighted by molar-refractivity contribution is -0.120. The van der Waals surface area contributed by atoms with Crippen LogP contribution in [0.2, 0.25) is 0 Å². The highest BCUT2D eigenvalue weighted by molar-refractivity contribution is 7.92. The van der Waals surface area contributed by atoms with E-state index in [0.29, 0.717) is 11.5 Å². The number of amides is 1. The van der Waals surface area contributed by atoms with Crippen molar-refractivity contribution in [2.45, 2.75) is 26.8 Å². The van der Waals surface area contributed by atoms with Crippen molar-refractivity contribution in [3.63, 3.8) is 0 Å². The number of sulfonamides is 1. The molecule has 0 radical (unpaired) electrons. The van der Waals surface area contributed by atoms with Gasteiger partial charge in [0.1, 0.15) is 18.0 Å². The molecule has 0 fully saturated rings. The van der Waals surface area contributed by atoms with Crippen molar-refractivity contribution in [1.82, 2.24) is 5.32 Å². The van der Waals surface area contributed by atoms with Gasteiger partial charge in [-0.25, -0.2) is 8.42 Å². The Morgan fingerprint density at radius 1 is 1.07 bits per heavy atom. The monoisotopic (exact) mass is 420 g/mol. The normalized spacial score (nSPS) is 12.2. The molecule has 2 aromatic rings. The molecule has 0 saturated heterocycles. The van der Waals surface area contributed by atoms with Crippen LogP contribution in [0.5, 0.6) is 11.5 Å². The molecule has 1 atom stereocenters. The molecule has 0 saturated carbocycles. The molecule has 2 aromatic carbocycles. The number of benzene rings is 2. The number of aryl methyl sites for hydroxylation is 2. The molecule has 0 aliphatic heterocycles. The van der Waals surface area contributed by atoms with Gasteiger partial charge in [0.2, 0.25) is 15.9 Å². The second kappa shape index (κ2) is 9.17. The molecule has 0 spiro atoms. The molecular weight excluding hydrogens is 392 g/mol. The van der Waals surface area contributed by atoms with Crippen LogP contribution in [-0.4, -0.2) is 41.3 Å². The van der Waals surface area contributed by atoms with Crippen LogP contribution in [-0.2, 0) is 14.8 Å². The molecule has 0 aliphatic rings. The summed E-state index contributed by atoms with van der Waals surface area (Å²) in [6, 6.07) is 10.4. The van der Waals surface area contributed by atoms with E-state index in [9.17, 15) is 13.2 Å². The first kappa shape index (κ1) is 22.5. The summed E-state index contributed by atoms with van der Waals surface area (Å²) >= 11 is 0. The van der Waals surface area contributed by atoms with E-state index in [0.717, 1.165) is 21.7 Å². The molecule has 0 heterocycles. The zero-order valence-electron chi connectivity index (χ0n) is 17.6. The van der Waals surface area contributed by atoms with Crippen molar-refractivity contribution in [2.24, 2.45) is 0 Å². The van der Waals surface area contributed by atoms with Crippen LogP contribution in [0.25, 0.3) is 0 Å². The summed E-state index contributed by atoms with van der Waals surface area (Å²) < 4.78 is 36.2. The number of rotatable bonds is 8. The fourth-order valence-electron chi connectivity index (χ4n) is 2.91. The van der Waals surface area contributed by atoms with Gasteiger partial charge in [-0.3, -0.25) is 9.10 Å². The summed E-state index contributed by atoms with van der Waals surface area (Å²) in [6.07, 6.45) is 1.05. The number of nitrogens with one attached hydrogen (secondary N) is 1. The quantitative estimate of drug-likeness (QED) is 0.710. The highest BCUT2D eigenvalue weighted by Gasteiger charge is 2.25. The first-order chi connectivity index (χ1) is 13.6. The molecule has 29 heavy (non-hydrogen) atoms. The van der Waals surface area contributed by atoms with E-state index in [2.05, 4.69) is 5.32 Å². The van der Waals surface area contributed by atoms with E-state index in [4.69, 9.17) is 9.47 Å². The van der Waals surface area contributed by atoms with E-state index in [1.807, 2.05) is 39.0 Å². The van der Waals surface area contributed by atoms with Crippen LogP contribution in [0.4, 0.5) is 5.69 Å². The minimum atomic E-state index is -3.73. The van der Waals surface area contributed by atoms with Crippen LogP contribution >= 0.6 is 0 Å². The van der Waals surface area contributed by atoms with Crippen molar-refractivity contribution < 1.29 is 22.7 Å². The van der Waals surface area contributed by atoms with Crippen molar-refractivity contribution in [1.29, 1.82) is 0 Å². The predicted octanol–water partition coefficient (Wildman–Crippen LogP) is 2.96. The molecule has 2 rings (SSSR count). The fraction of sp³-hybridized carbons (Fsp3) is 0.381. The number of methoxy groups -OCH3 is 2. The molecule has 1 amide bonds. The van der Waals surface area contributed by atoms with E-state index in [-0.39, 0.29) is 18.3 Å². The lowest BCUT2D eigenvalue weighted by Gasteiger charge is -2.25. The lowest BCUT2D eigenvalue weighted by Crippen LogP contribution is -2.41. The van der Waals surface area contributed by atoms with Gasteiger partial charge in [-0.05, 0) is 49.6 Å². The predicted molar refractivity (Wildman–Crippen MR) is 114 cm³/mol. The van der Waals surface area contributed by atoms with Crippen molar-refractivity contribution in [3.8, 4) is 11.5 Å². The maximum absolute atomic E-state index is 12.6. The van der Waals surface area contributed by atoms with E-state index < -0.39 is 15.9 Å². The molecule has 0 unspecified atom stereocenters. The zero-order valence-corrected chi connectivity index (χ0v) is 18.5. The van der Waals surface area contributed by atoms with Crippen LogP contribution in [0.3, 0.4) is 0 Å². The molecule has 158 valence electrons. The third-order valence-electron chi connectivity index (χ3n) is 4.75. The van der Waals surface area contributed by atoms with Gasteiger partial charge in [0, 0.05) is 6.07 Å². The number of carbonyl (C=O) groups is 1. The van der Waals surface area contributed by atoms with Gasteiger partial charge in [-0.15, -0.1) is 0 Å². The molecule has 0 aromatic heterocycles. The second-order valence-corrected chi connectivity index (χ2v) is 8.85. The number of anilines is 1. The topological polar surface area (TPSA) is 84.9 Å². The number of nitrogens with zero attached hydrogens (tertiary/aromatic N) is 1. The standard InChI is InChI=1S/C21H28N2O5S/c1-14-7-8-17(11-15(14)2)16(3)22-21(24)13-23(29(6,25)26)19-10-9-18(27-4)12-20(19)28-5/h7-12,16H,13H2,1-6H3,(H,22,24)/t16-/m1/s1. The van der Waals surface area contributed by atoms with E-state index >= 15 is 0 Å². The van der Waals surface area contributed by atoms with Crippen LogP contribution in [0, 0.1) is 13.8 Å². The van der Waals surface area contributed by atoms with Gasteiger partial charge in [-0.1, -0.05) is 18.2 Å². The summed E-state index contributed by atoms with van der Waals surface area (Å²) in [6.45, 7) is 5.53. The van der Waals surface area contributed by atoms with Crippen LogP contribution in [0.1, 0.15) is 29.7 Å². The summed E-state index contributed by atoms with van der Waals surface area (Å²) in [7, 11) is -0.791. The third kappa shape index (κ3) is 5.63. The Morgan fingerprint density at radius 2 is 1.76 bits per heavy atom. The first-order valence-electron chi connectivity index (χ1n) is 9.13. The largest absolute Gasteiger partial charge is 0.497 e. The van der Waals surface area contributed by atoms with Gasteiger partial charge in [0.15, 0.2) is 0 Å². The van der Waals surface area contributed by atoms with Crippen molar-refractivity contribution >= 4 is 21.6 Å². The average Bonchev–Trinajstić information content (AvgIpc) is 2.66. The van der Waals surface area contributed by atoms with E-state index in [1.165, 1.54) is 19.8 Å².